The number of sulfonamides is 1. The Kier molecular flexibility index (Phi) is 6.15. The van der Waals surface area contributed by atoms with Crippen molar-refractivity contribution in [1.82, 2.24) is 34.1 Å². The molecule has 2 aliphatic rings. The van der Waals surface area contributed by atoms with E-state index in [1.807, 2.05) is 6.20 Å². The van der Waals surface area contributed by atoms with Gasteiger partial charge >= 0.3 is 0 Å². The SMILES string of the molecule is CS(=O)(=O)N1CCN(Cc2cncc3c(-c4cncnc4)nc(N4CCOCC4)nc23)CC1. The van der Waals surface area contributed by atoms with Crippen LogP contribution in [0.4, 0.5) is 5.95 Å². The Hall–Kier alpha value is -2.80. The topological polar surface area (TPSA) is 118 Å². The molecule has 5 heterocycles. The summed E-state index contributed by atoms with van der Waals surface area (Å²) in [6.45, 7) is 5.64. The number of pyridine rings is 1. The number of nitrogens with zero attached hydrogens (tertiary/aromatic N) is 8. The summed E-state index contributed by atoms with van der Waals surface area (Å²) in [5.74, 6) is 0.652. The van der Waals surface area contributed by atoms with Crippen molar-refractivity contribution in [3.05, 3.63) is 36.7 Å². The van der Waals surface area contributed by atoms with Crippen molar-refractivity contribution in [2.45, 2.75) is 6.54 Å². The van der Waals surface area contributed by atoms with Gasteiger partial charge in [0.1, 0.15) is 6.33 Å². The lowest BCUT2D eigenvalue weighted by atomic mass is 10.1. The van der Waals surface area contributed by atoms with Gasteiger partial charge in [-0.15, -0.1) is 0 Å². The molecule has 33 heavy (non-hydrogen) atoms. The van der Waals surface area contributed by atoms with E-state index in [2.05, 4.69) is 24.8 Å². The summed E-state index contributed by atoms with van der Waals surface area (Å²) in [7, 11) is -3.17. The minimum absolute atomic E-state index is 0.484. The number of piperazine rings is 1. The van der Waals surface area contributed by atoms with Crippen molar-refractivity contribution in [1.29, 1.82) is 0 Å². The molecule has 2 aliphatic heterocycles. The molecular weight excluding hydrogens is 444 g/mol. The zero-order valence-electron chi connectivity index (χ0n) is 18.5. The molecule has 0 spiro atoms. The predicted molar refractivity (Wildman–Crippen MR) is 123 cm³/mol. The van der Waals surface area contributed by atoms with Crippen LogP contribution in [0.3, 0.4) is 0 Å². The van der Waals surface area contributed by atoms with Gasteiger partial charge in [0.2, 0.25) is 16.0 Å². The molecule has 0 aliphatic carbocycles. The molecule has 3 aromatic heterocycles. The molecular formula is C21H26N8O3S. The molecule has 5 rings (SSSR count). The third kappa shape index (κ3) is 4.78. The molecule has 2 saturated heterocycles. The maximum Gasteiger partial charge on any atom is 0.226 e. The van der Waals surface area contributed by atoms with E-state index < -0.39 is 10.0 Å². The first-order valence-electron chi connectivity index (χ1n) is 10.9. The fourth-order valence-corrected chi connectivity index (χ4v) is 5.04. The summed E-state index contributed by atoms with van der Waals surface area (Å²) in [6.07, 6.45) is 9.87. The van der Waals surface area contributed by atoms with Gasteiger partial charge < -0.3 is 9.64 Å². The Morgan fingerprint density at radius 2 is 1.64 bits per heavy atom. The molecule has 2 fully saturated rings. The summed E-state index contributed by atoms with van der Waals surface area (Å²) in [6, 6.07) is 0. The van der Waals surface area contributed by atoms with Crippen molar-refractivity contribution in [3.63, 3.8) is 0 Å². The van der Waals surface area contributed by atoms with Gasteiger partial charge in [0.05, 0.1) is 30.7 Å². The van der Waals surface area contributed by atoms with E-state index in [1.54, 1.807) is 18.6 Å². The Balaban J connectivity index is 1.52. The van der Waals surface area contributed by atoms with E-state index in [-0.39, 0.29) is 0 Å². The maximum atomic E-state index is 11.8. The Morgan fingerprint density at radius 1 is 0.909 bits per heavy atom. The average molecular weight is 471 g/mol. The highest BCUT2D eigenvalue weighted by Gasteiger charge is 2.25. The van der Waals surface area contributed by atoms with Gasteiger partial charge in [-0.25, -0.2) is 28.4 Å². The lowest BCUT2D eigenvalue weighted by Crippen LogP contribution is -2.47. The van der Waals surface area contributed by atoms with Crippen LogP contribution >= 0.6 is 0 Å². The Labute approximate surface area is 192 Å². The van der Waals surface area contributed by atoms with Gasteiger partial charge in [0.15, 0.2) is 0 Å². The molecule has 174 valence electrons. The number of aromatic nitrogens is 5. The first-order valence-corrected chi connectivity index (χ1v) is 12.7. The fourth-order valence-electron chi connectivity index (χ4n) is 4.21. The second-order valence-corrected chi connectivity index (χ2v) is 10.2. The molecule has 0 bridgehead atoms. The van der Waals surface area contributed by atoms with E-state index in [4.69, 9.17) is 14.7 Å². The summed E-state index contributed by atoms with van der Waals surface area (Å²) in [5, 5.41) is 0.842. The number of hydrogen-bond acceptors (Lipinski definition) is 10. The number of ether oxygens (including phenoxy) is 1. The van der Waals surface area contributed by atoms with Crippen molar-refractivity contribution in [3.8, 4) is 11.3 Å². The van der Waals surface area contributed by atoms with Gasteiger partial charge in [-0.3, -0.25) is 9.88 Å². The second kappa shape index (κ2) is 9.21. The third-order valence-electron chi connectivity index (χ3n) is 5.99. The standard InChI is InChI=1S/C21H26N8O3S/c1-33(30,31)29-4-2-27(3-5-29)14-17-12-22-13-18-19(16-10-23-15-24-11-16)25-21(26-20(17)18)28-6-8-32-9-7-28/h10-13,15H,2-9,14H2,1H3. The molecule has 0 amide bonds. The van der Waals surface area contributed by atoms with Crippen LogP contribution in [0.5, 0.6) is 0 Å². The van der Waals surface area contributed by atoms with Crippen molar-refractivity contribution in [2.75, 3.05) is 63.6 Å². The quantitative estimate of drug-likeness (QED) is 0.518. The number of fused-ring (bicyclic) bond motifs is 1. The van der Waals surface area contributed by atoms with Gasteiger partial charge in [0, 0.05) is 87.1 Å². The Morgan fingerprint density at radius 3 is 2.33 bits per heavy atom. The van der Waals surface area contributed by atoms with E-state index in [0.717, 1.165) is 40.8 Å². The van der Waals surface area contributed by atoms with Crippen LogP contribution in [0.2, 0.25) is 0 Å². The largest absolute Gasteiger partial charge is 0.378 e. The summed E-state index contributed by atoms with van der Waals surface area (Å²) >= 11 is 0. The first kappa shape index (κ1) is 22.0. The number of morpholine rings is 1. The van der Waals surface area contributed by atoms with E-state index in [9.17, 15) is 8.42 Å². The molecule has 3 aromatic rings. The monoisotopic (exact) mass is 470 g/mol. The van der Waals surface area contributed by atoms with Gasteiger partial charge in [0.25, 0.3) is 0 Å². The second-order valence-electron chi connectivity index (χ2n) is 8.23. The molecule has 0 unspecified atom stereocenters. The highest BCUT2D eigenvalue weighted by molar-refractivity contribution is 7.88. The van der Waals surface area contributed by atoms with Gasteiger partial charge in [-0.1, -0.05) is 0 Å². The van der Waals surface area contributed by atoms with Crippen molar-refractivity contribution >= 4 is 26.9 Å². The molecule has 0 saturated carbocycles. The molecule has 12 heteroatoms. The summed E-state index contributed by atoms with van der Waals surface area (Å²) in [5.41, 5.74) is 3.37. The molecule has 11 nitrogen and oxygen atoms in total. The van der Waals surface area contributed by atoms with Crippen LogP contribution in [0.1, 0.15) is 5.56 Å². The van der Waals surface area contributed by atoms with Gasteiger partial charge in [-0.05, 0) is 0 Å². The molecule has 0 atom stereocenters. The lowest BCUT2D eigenvalue weighted by Gasteiger charge is -2.33. The van der Waals surface area contributed by atoms with Crippen LogP contribution in [0.25, 0.3) is 22.2 Å². The summed E-state index contributed by atoms with van der Waals surface area (Å²) < 4.78 is 30.7. The highest BCUT2D eigenvalue weighted by atomic mass is 32.2. The van der Waals surface area contributed by atoms with Crippen LogP contribution in [0.15, 0.2) is 31.1 Å². The Bertz CT molecular complexity index is 1230. The molecule has 0 N–H and O–H groups in total. The third-order valence-corrected chi connectivity index (χ3v) is 7.30. The highest BCUT2D eigenvalue weighted by Crippen LogP contribution is 2.29. The smallest absolute Gasteiger partial charge is 0.226 e. The lowest BCUT2D eigenvalue weighted by molar-refractivity contribution is 0.122. The number of rotatable bonds is 5. The first-order chi connectivity index (χ1) is 16.0. The van der Waals surface area contributed by atoms with Crippen LogP contribution in [0, 0.1) is 0 Å². The normalized spacial score (nSPS) is 18.6. The van der Waals surface area contributed by atoms with Crippen molar-refractivity contribution < 1.29 is 13.2 Å². The minimum atomic E-state index is -3.17. The van der Waals surface area contributed by atoms with Crippen molar-refractivity contribution in [2.24, 2.45) is 0 Å². The van der Waals surface area contributed by atoms with E-state index >= 15 is 0 Å². The van der Waals surface area contributed by atoms with Gasteiger partial charge in [-0.2, -0.15) is 4.31 Å². The minimum Gasteiger partial charge on any atom is -0.378 e. The predicted octanol–water partition coefficient (Wildman–Crippen LogP) is 0.396. The maximum absolute atomic E-state index is 11.8. The summed E-state index contributed by atoms with van der Waals surface area (Å²) in [4.78, 5) is 27.0. The van der Waals surface area contributed by atoms with E-state index in [1.165, 1.54) is 16.9 Å². The zero-order chi connectivity index (χ0) is 22.8. The van der Waals surface area contributed by atoms with E-state index in [0.29, 0.717) is 51.9 Å². The zero-order valence-corrected chi connectivity index (χ0v) is 19.3. The molecule has 0 aromatic carbocycles. The number of hydrogen-bond donors (Lipinski definition) is 0. The van der Waals surface area contributed by atoms with Crippen LogP contribution in [-0.2, 0) is 21.3 Å². The fraction of sp³-hybridized carbons (Fsp3) is 0.476. The number of anilines is 1. The molecule has 0 radical (unpaired) electrons. The van der Waals surface area contributed by atoms with Crippen LogP contribution < -0.4 is 4.90 Å². The average Bonchev–Trinajstić information content (AvgIpc) is 2.84. The van der Waals surface area contributed by atoms with Crippen LogP contribution in [-0.4, -0.2) is 101 Å².